The molecule has 0 aliphatic carbocycles. The molecule has 1 aliphatic rings. The number of nitrogens with zero attached hydrogens (tertiary/aromatic N) is 1. The van der Waals surface area contributed by atoms with Crippen LogP contribution in [0.5, 0.6) is 5.75 Å². The molecule has 0 radical (unpaired) electrons. The van der Waals surface area contributed by atoms with Gasteiger partial charge in [-0.1, -0.05) is 12.1 Å². The molecule has 118 valence electrons. The molecule has 0 amide bonds. The van der Waals surface area contributed by atoms with Gasteiger partial charge >= 0.3 is 0 Å². The van der Waals surface area contributed by atoms with E-state index in [-0.39, 0.29) is 18.2 Å². The van der Waals surface area contributed by atoms with E-state index < -0.39 is 0 Å². The van der Waals surface area contributed by atoms with Crippen molar-refractivity contribution < 1.29 is 14.2 Å². The maximum absolute atomic E-state index is 6.02. The molecule has 1 saturated heterocycles. The molecule has 0 spiro atoms. The van der Waals surface area contributed by atoms with Crippen molar-refractivity contribution in [3.63, 3.8) is 0 Å². The highest BCUT2D eigenvalue weighted by atomic mass is 16.5. The van der Waals surface area contributed by atoms with Crippen LogP contribution in [0.1, 0.15) is 18.5 Å². The molecule has 21 heavy (non-hydrogen) atoms. The summed E-state index contributed by atoms with van der Waals surface area (Å²) in [6.07, 6.45) is 0.193. The van der Waals surface area contributed by atoms with Gasteiger partial charge in [-0.3, -0.25) is 4.90 Å². The van der Waals surface area contributed by atoms with Gasteiger partial charge < -0.3 is 19.9 Å². The summed E-state index contributed by atoms with van der Waals surface area (Å²) in [7, 11) is 3.46. The van der Waals surface area contributed by atoms with Crippen LogP contribution in [-0.4, -0.2) is 57.6 Å². The van der Waals surface area contributed by atoms with E-state index in [1.54, 1.807) is 14.2 Å². The van der Waals surface area contributed by atoms with Crippen LogP contribution < -0.4 is 10.5 Å². The van der Waals surface area contributed by atoms with Gasteiger partial charge in [0, 0.05) is 39.9 Å². The van der Waals surface area contributed by atoms with Crippen molar-refractivity contribution in [3.05, 3.63) is 29.8 Å². The number of ether oxygens (including phenoxy) is 3. The Kier molecular flexibility index (Phi) is 5.99. The first kappa shape index (κ1) is 16.2. The number of nitrogens with two attached hydrogens (primary N) is 1. The monoisotopic (exact) mass is 294 g/mol. The van der Waals surface area contributed by atoms with Crippen molar-refractivity contribution in [3.8, 4) is 5.75 Å². The Balaban J connectivity index is 2.14. The fourth-order valence-electron chi connectivity index (χ4n) is 2.95. The highest BCUT2D eigenvalue weighted by Crippen LogP contribution is 2.28. The summed E-state index contributed by atoms with van der Waals surface area (Å²) in [4.78, 5) is 2.33. The standard InChI is InChI=1S/C16H26N2O3/c1-4-21-13-7-5-6-12(8-13)14(9-17)18-10-15(19-2)16(11-18)20-3/h5-8,14-16H,4,9-11,17H2,1-3H3. The number of hydrogen-bond donors (Lipinski definition) is 1. The van der Waals surface area contributed by atoms with Crippen LogP contribution in [0.2, 0.25) is 0 Å². The molecule has 0 bridgehead atoms. The average Bonchev–Trinajstić information content (AvgIpc) is 2.92. The van der Waals surface area contributed by atoms with Gasteiger partial charge in [-0.15, -0.1) is 0 Å². The van der Waals surface area contributed by atoms with Crippen LogP contribution in [0.25, 0.3) is 0 Å². The Morgan fingerprint density at radius 2 is 1.90 bits per heavy atom. The maximum atomic E-state index is 6.02. The van der Waals surface area contributed by atoms with Crippen LogP contribution in [0, 0.1) is 0 Å². The van der Waals surface area contributed by atoms with Crippen molar-refractivity contribution in [1.29, 1.82) is 0 Å². The molecule has 0 saturated carbocycles. The van der Waals surface area contributed by atoms with Gasteiger partial charge in [0.1, 0.15) is 5.75 Å². The minimum Gasteiger partial charge on any atom is -0.494 e. The third kappa shape index (κ3) is 3.74. The van der Waals surface area contributed by atoms with Crippen molar-refractivity contribution in [2.24, 2.45) is 5.73 Å². The minimum absolute atomic E-state index is 0.0964. The summed E-state index contributed by atoms with van der Waals surface area (Å²) in [6.45, 7) is 4.87. The second kappa shape index (κ2) is 7.75. The Bertz CT molecular complexity index is 429. The minimum atomic E-state index is 0.0964. The first-order valence-corrected chi connectivity index (χ1v) is 7.45. The molecular weight excluding hydrogens is 268 g/mol. The Labute approximate surface area is 127 Å². The molecular formula is C16H26N2O3. The Morgan fingerprint density at radius 3 is 2.43 bits per heavy atom. The van der Waals surface area contributed by atoms with Crippen LogP contribution in [-0.2, 0) is 9.47 Å². The van der Waals surface area contributed by atoms with Crippen LogP contribution in [0.3, 0.4) is 0 Å². The predicted octanol–water partition coefficient (Wildman–Crippen LogP) is 1.43. The van der Waals surface area contributed by atoms with Gasteiger partial charge in [-0.25, -0.2) is 0 Å². The number of likely N-dealkylation sites (tertiary alicyclic amines) is 1. The second-order valence-electron chi connectivity index (χ2n) is 5.26. The topological polar surface area (TPSA) is 57.0 Å². The number of rotatable bonds is 7. The first-order valence-electron chi connectivity index (χ1n) is 7.45. The number of methoxy groups -OCH3 is 2. The zero-order valence-corrected chi connectivity index (χ0v) is 13.1. The lowest BCUT2D eigenvalue weighted by molar-refractivity contribution is -0.00461. The number of hydrogen-bond acceptors (Lipinski definition) is 5. The zero-order chi connectivity index (χ0) is 15.2. The summed E-state index contributed by atoms with van der Waals surface area (Å²) in [5.74, 6) is 0.888. The lowest BCUT2D eigenvalue weighted by Gasteiger charge is -2.27. The van der Waals surface area contributed by atoms with Crippen LogP contribution >= 0.6 is 0 Å². The van der Waals surface area contributed by atoms with E-state index in [0.717, 1.165) is 18.8 Å². The van der Waals surface area contributed by atoms with Gasteiger partial charge in [0.05, 0.1) is 18.8 Å². The first-order chi connectivity index (χ1) is 10.2. The largest absolute Gasteiger partial charge is 0.494 e. The molecule has 1 aromatic carbocycles. The van der Waals surface area contributed by atoms with E-state index in [1.807, 2.05) is 19.1 Å². The quantitative estimate of drug-likeness (QED) is 0.824. The van der Waals surface area contributed by atoms with Crippen molar-refractivity contribution >= 4 is 0 Å². The summed E-state index contributed by atoms with van der Waals surface area (Å²) in [6, 6.07) is 8.31. The average molecular weight is 294 g/mol. The maximum Gasteiger partial charge on any atom is 0.119 e. The fourth-order valence-corrected chi connectivity index (χ4v) is 2.95. The predicted molar refractivity (Wildman–Crippen MR) is 82.6 cm³/mol. The van der Waals surface area contributed by atoms with E-state index >= 15 is 0 Å². The summed E-state index contributed by atoms with van der Waals surface area (Å²) in [5.41, 5.74) is 7.19. The van der Waals surface area contributed by atoms with Gasteiger partial charge in [0.2, 0.25) is 0 Å². The zero-order valence-electron chi connectivity index (χ0n) is 13.1. The Hall–Kier alpha value is -1.14. The third-order valence-electron chi connectivity index (χ3n) is 4.07. The summed E-state index contributed by atoms with van der Waals surface area (Å²) in [5, 5.41) is 0. The van der Waals surface area contributed by atoms with E-state index in [1.165, 1.54) is 5.56 Å². The van der Waals surface area contributed by atoms with Crippen LogP contribution in [0.15, 0.2) is 24.3 Å². The van der Waals surface area contributed by atoms with E-state index in [4.69, 9.17) is 19.9 Å². The van der Waals surface area contributed by atoms with E-state index in [0.29, 0.717) is 13.2 Å². The van der Waals surface area contributed by atoms with Gasteiger partial charge in [0.25, 0.3) is 0 Å². The molecule has 0 aromatic heterocycles. The molecule has 1 heterocycles. The highest BCUT2D eigenvalue weighted by molar-refractivity contribution is 5.31. The van der Waals surface area contributed by atoms with Gasteiger partial charge in [0.15, 0.2) is 0 Å². The van der Waals surface area contributed by atoms with Crippen molar-refractivity contribution in [2.45, 2.75) is 25.2 Å². The molecule has 3 atom stereocenters. The third-order valence-corrected chi connectivity index (χ3v) is 4.07. The smallest absolute Gasteiger partial charge is 0.119 e. The molecule has 2 N–H and O–H groups in total. The lowest BCUT2D eigenvalue weighted by Crippen LogP contribution is -2.33. The van der Waals surface area contributed by atoms with Crippen molar-refractivity contribution in [1.82, 2.24) is 4.90 Å². The molecule has 3 unspecified atom stereocenters. The lowest BCUT2D eigenvalue weighted by atomic mass is 10.1. The normalized spacial score (nSPS) is 24.2. The highest BCUT2D eigenvalue weighted by Gasteiger charge is 2.36. The van der Waals surface area contributed by atoms with Gasteiger partial charge in [-0.2, -0.15) is 0 Å². The van der Waals surface area contributed by atoms with Crippen molar-refractivity contribution in [2.75, 3.05) is 40.5 Å². The van der Waals surface area contributed by atoms with Gasteiger partial charge in [-0.05, 0) is 24.6 Å². The Morgan fingerprint density at radius 1 is 1.24 bits per heavy atom. The molecule has 5 nitrogen and oxygen atoms in total. The van der Waals surface area contributed by atoms with Crippen LogP contribution in [0.4, 0.5) is 0 Å². The summed E-state index contributed by atoms with van der Waals surface area (Å²) < 4.78 is 16.6. The fraction of sp³-hybridized carbons (Fsp3) is 0.625. The molecule has 1 aromatic rings. The molecule has 1 fully saturated rings. The number of benzene rings is 1. The van der Waals surface area contributed by atoms with E-state index in [9.17, 15) is 0 Å². The summed E-state index contributed by atoms with van der Waals surface area (Å²) >= 11 is 0. The molecule has 2 rings (SSSR count). The molecule has 5 heteroatoms. The second-order valence-corrected chi connectivity index (χ2v) is 5.26. The van der Waals surface area contributed by atoms with E-state index in [2.05, 4.69) is 17.0 Å². The molecule has 1 aliphatic heterocycles. The SMILES string of the molecule is CCOc1cccc(C(CN)N2CC(OC)C(OC)C2)c1.